The summed E-state index contributed by atoms with van der Waals surface area (Å²) in [6, 6.07) is 3.44. The van der Waals surface area contributed by atoms with Crippen LogP contribution in [0.1, 0.15) is 19.4 Å². The molecule has 0 saturated carbocycles. The van der Waals surface area contributed by atoms with E-state index in [4.69, 9.17) is 23.2 Å². The molecule has 1 aromatic carbocycles. The lowest BCUT2D eigenvalue weighted by Gasteiger charge is -2.08. The highest BCUT2D eigenvalue weighted by Crippen LogP contribution is 2.29. The number of anilines is 1. The Balaban J connectivity index is 3.08. The first-order valence-corrected chi connectivity index (χ1v) is 5.05. The van der Waals surface area contributed by atoms with Crippen molar-refractivity contribution in [3.63, 3.8) is 0 Å². The molecule has 1 rings (SSSR count). The fourth-order valence-electron chi connectivity index (χ4n) is 1.14. The van der Waals surface area contributed by atoms with Crippen molar-refractivity contribution in [3.8, 4) is 0 Å². The number of carbonyl (C=O) groups is 1. The summed E-state index contributed by atoms with van der Waals surface area (Å²) >= 11 is 11.9. The molecule has 2 nitrogen and oxygen atoms in total. The first-order chi connectivity index (χ1) is 6.54. The Kier molecular flexibility index (Phi) is 3.78. The molecule has 0 radical (unpaired) electrons. The normalized spacial score (nSPS) is 10.0. The molecule has 0 atom stereocenters. The average Bonchev–Trinajstić information content (AvgIpc) is 2.10. The number of nitrogens with one attached hydrogen (secondary N) is 1. The maximum Gasteiger partial charge on any atom is 0.221 e. The highest BCUT2D eigenvalue weighted by atomic mass is 35.5. The lowest BCUT2D eigenvalue weighted by atomic mass is 10.1. The molecule has 0 bridgehead atoms. The highest BCUT2D eigenvalue weighted by Gasteiger charge is 2.06. The minimum absolute atomic E-state index is 0.160. The number of hydrogen-bond donors (Lipinski definition) is 1. The molecule has 0 heterocycles. The van der Waals surface area contributed by atoms with Crippen LogP contribution < -0.4 is 5.32 Å². The van der Waals surface area contributed by atoms with E-state index in [0.29, 0.717) is 15.7 Å². The Morgan fingerprint density at radius 2 is 2.00 bits per heavy atom. The van der Waals surface area contributed by atoms with Crippen LogP contribution >= 0.6 is 23.2 Å². The molecule has 0 aromatic heterocycles. The predicted molar refractivity (Wildman–Crippen MR) is 60.1 cm³/mol. The summed E-state index contributed by atoms with van der Waals surface area (Å²) in [5.74, 6) is -0.160. The van der Waals surface area contributed by atoms with Crippen LogP contribution in [0.5, 0.6) is 0 Å². The van der Waals surface area contributed by atoms with Gasteiger partial charge in [0.1, 0.15) is 0 Å². The van der Waals surface area contributed by atoms with Gasteiger partial charge in [-0.1, -0.05) is 30.1 Å². The van der Waals surface area contributed by atoms with Gasteiger partial charge in [-0.15, -0.1) is 0 Å². The Morgan fingerprint density at radius 1 is 1.36 bits per heavy atom. The topological polar surface area (TPSA) is 29.1 Å². The SMILES string of the molecule is CCc1cc(Cl)c(NC(C)=O)cc1Cl. The largest absolute Gasteiger partial charge is 0.325 e. The molecule has 0 spiro atoms. The molecule has 0 aliphatic carbocycles. The van der Waals surface area contributed by atoms with Gasteiger partial charge in [0.15, 0.2) is 0 Å². The number of rotatable bonds is 2. The number of carbonyl (C=O) groups excluding carboxylic acids is 1. The Labute approximate surface area is 93.2 Å². The van der Waals surface area contributed by atoms with Gasteiger partial charge < -0.3 is 5.32 Å². The van der Waals surface area contributed by atoms with Gasteiger partial charge in [-0.3, -0.25) is 4.79 Å². The van der Waals surface area contributed by atoms with Gasteiger partial charge in [0.2, 0.25) is 5.91 Å². The van der Waals surface area contributed by atoms with Gasteiger partial charge in [-0.25, -0.2) is 0 Å². The van der Waals surface area contributed by atoms with E-state index in [-0.39, 0.29) is 5.91 Å². The quantitative estimate of drug-likeness (QED) is 0.830. The smallest absolute Gasteiger partial charge is 0.221 e. The third-order valence-corrected chi connectivity index (χ3v) is 2.49. The van der Waals surface area contributed by atoms with Gasteiger partial charge in [0.05, 0.1) is 10.7 Å². The average molecular weight is 232 g/mol. The molecule has 0 saturated heterocycles. The minimum Gasteiger partial charge on any atom is -0.325 e. The zero-order chi connectivity index (χ0) is 10.7. The first kappa shape index (κ1) is 11.3. The van der Waals surface area contributed by atoms with Crippen molar-refractivity contribution < 1.29 is 4.79 Å². The molecule has 0 fully saturated rings. The summed E-state index contributed by atoms with van der Waals surface area (Å²) in [6.07, 6.45) is 0.818. The summed E-state index contributed by atoms with van der Waals surface area (Å²) in [6.45, 7) is 3.42. The van der Waals surface area contributed by atoms with Crippen molar-refractivity contribution in [1.82, 2.24) is 0 Å². The number of halogens is 2. The second kappa shape index (κ2) is 4.67. The first-order valence-electron chi connectivity index (χ1n) is 4.30. The van der Waals surface area contributed by atoms with Crippen LogP contribution in [-0.4, -0.2) is 5.91 Å². The number of hydrogen-bond acceptors (Lipinski definition) is 1. The number of aryl methyl sites for hydroxylation is 1. The highest BCUT2D eigenvalue weighted by molar-refractivity contribution is 6.36. The number of amides is 1. The van der Waals surface area contributed by atoms with Crippen molar-refractivity contribution in [2.24, 2.45) is 0 Å². The van der Waals surface area contributed by atoms with E-state index in [1.54, 1.807) is 12.1 Å². The minimum atomic E-state index is -0.160. The monoisotopic (exact) mass is 231 g/mol. The lowest BCUT2D eigenvalue weighted by molar-refractivity contribution is -0.114. The van der Waals surface area contributed by atoms with Crippen LogP contribution in [0, 0.1) is 0 Å². The molecule has 14 heavy (non-hydrogen) atoms. The molecular formula is C10H11Cl2NO. The maximum atomic E-state index is 10.8. The fourth-order valence-corrected chi connectivity index (χ4v) is 1.68. The summed E-state index contributed by atoms with van der Waals surface area (Å²) < 4.78 is 0. The van der Waals surface area contributed by atoms with E-state index in [0.717, 1.165) is 12.0 Å². The molecular weight excluding hydrogens is 221 g/mol. The van der Waals surface area contributed by atoms with Gasteiger partial charge >= 0.3 is 0 Å². The lowest BCUT2D eigenvalue weighted by Crippen LogP contribution is -2.06. The van der Waals surface area contributed by atoms with Crippen LogP contribution in [-0.2, 0) is 11.2 Å². The standard InChI is InChI=1S/C10H11Cl2NO/c1-3-7-4-9(12)10(5-8(7)11)13-6(2)14/h4-5H,3H2,1-2H3,(H,13,14). The van der Waals surface area contributed by atoms with Gasteiger partial charge in [-0.05, 0) is 24.1 Å². The third-order valence-electron chi connectivity index (χ3n) is 1.83. The van der Waals surface area contributed by atoms with E-state index in [9.17, 15) is 4.79 Å². The molecule has 76 valence electrons. The fraction of sp³-hybridized carbons (Fsp3) is 0.300. The van der Waals surface area contributed by atoms with E-state index in [1.807, 2.05) is 6.92 Å². The van der Waals surface area contributed by atoms with Crippen LogP contribution in [0.2, 0.25) is 10.0 Å². The molecule has 1 N–H and O–H groups in total. The molecule has 1 amide bonds. The van der Waals surface area contributed by atoms with Crippen molar-refractivity contribution in [1.29, 1.82) is 0 Å². The van der Waals surface area contributed by atoms with Crippen molar-refractivity contribution in [2.45, 2.75) is 20.3 Å². The van der Waals surface area contributed by atoms with Crippen LogP contribution in [0.4, 0.5) is 5.69 Å². The van der Waals surface area contributed by atoms with Crippen molar-refractivity contribution >= 4 is 34.8 Å². The van der Waals surface area contributed by atoms with Gasteiger partial charge in [0, 0.05) is 11.9 Å². The van der Waals surface area contributed by atoms with E-state index >= 15 is 0 Å². The van der Waals surface area contributed by atoms with Crippen LogP contribution in [0.25, 0.3) is 0 Å². The molecule has 0 aliphatic rings. The molecule has 0 aliphatic heterocycles. The van der Waals surface area contributed by atoms with Crippen molar-refractivity contribution in [2.75, 3.05) is 5.32 Å². The Bertz CT molecular complexity index is 363. The van der Waals surface area contributed by atoms with E-state index in [2.05, 4.69) is 5.32 Å². The maximum absolute atomic E-state index is 10.8. The summed E-state index contributed by atoms with van der Waals surface area (Å²) in [5, 5.41) is 3.75. The van der Waals surface area contributed by atoms with Crippen LogP contribution in [0.3, 0.4) is 0 Å². The zero-order valence-corrected chi connectivity index (χ0v) is 9.54. The van der Waals surface area contributed by atoms with Gasteiger partial charge in [-0.2, -0.15) is 0 Å². The summed E-state index contributed by atoms with van der Waals surface area (Å²) in [4.78, 5) is 10.8. The second-order valence-corrected chi connectivity index (χ2v) is 3.77. The summed E-state index contributed by atoms with van der Waals surface area (Å²) in [5.41, 5.74) is 1.53. The van der Waals surface area contributed by atoms with Crippen LogP contribution in [0.15, 0.2) is 12.1 Å². The van der Waals surface area contributed by atoms with Crippen molar-refractivity contribution in [3.05, 3.63) is 27.7 Å². The summed E-state index contributed by atoms with van der Waals surface area (Å²) in [7, 11) is 0. The predicted octanol–water partition coefficient (Wildman–Crippen LogP) is 3.51. The second-order valence-electron chi connectivity index (χ2n) is 2.96. The Hall–Kier alpha value is -0.730. The molecule has 0 unspecified atom stereocenters. The zero-order valence-electron chi connectivity index (χ0n) is 8.03. The van der Waals surface area contributed by atoms with Gasteiger partial charge in [0.25, 0.3) is 0 Å². The van der Waals surface area contributed by atoms with E-state index in [1.165, 1.54) is 6.92 Å². The number of benzene rings is 1. The molecule has 4 heteroatoms. The molecule has 1 aromatic rings. The van der Waals surface area contributed by atoms with E-state index < -0.39 is 0 Å². The third kappa shape index (κ3) is 2.63. The Morgan fingerprint density at radius 3 is 2.50 bits per heavy atom.